The Morgan fingerprint density at radius 1 is 1.14 bits per heavy atom. The fourth-order valence-corrected chi connectivity index (χ4v) is 6.85. The summed E-state index contributed by atoms with van der Waals surface area (Å²) in [6, 6.07) is 8.56. The second-order valence-electron chi connectivity index (χ2n) is 14.4. The smallest absolute Gasteiger partial charge is 0.410 e. The van der Waals surface area contributed by atoms with Crippen LogP contribution < -0.4 is 14.4 Å². The van der Waals surface area contributed by atoms with Crippen LogP contribution in [0.3, 0.4) is 0 Å². The van der Waals surface area contributed by atoms with Gasteiger partial charge < -0.3 is 19.3 Å². The molecule has 1 aliphatic heterocycles. The highest BCUT2D eigenvalue weighted by molar-refractivity contribution is 7.98. The van der Waals surface area contributed by atoms with Crippen molar-refractivity contribution >= 4 is 41.4 Å². The lowest BCUT2D eigenvalue weighted by Crippen LogP contribution is -2.38. The summed E-state index contributed by atoms with van der Waals surface area (Å²) in [4.78, 5) is 38.9. The van der Waals surface area contributed by atoms with E-state index in [-0.39, 0.29) is 54.6 Å². The van der Waals surface area contributed by atoms with Crippen LogP contribution >= 0.6 is 23.5 Å². The molecule has 51 heavy (non-hydrogen) atoms. The molecule has 1 aliphatic carbocycles. The minimum absolute atomic E-state index is 0.0395. The van der Waals surface area contributed by atoms with Crippen LogP contribution in [-0.4, -0.2) is 81.2 Å². The van der Waals surface area contributed by atoms with E-state index in [0.717, 1.165) is 61.4 Å². The lowest BCUT2D eigenvalue weighted by atomic mass is 9.99. The van der Waals surface area contributed by atoms with Crippen molar-refractivity contribution < 1.29 is 32.2 Å². The van der Waals surface area contributed by atoms with Gasteiger partial charge in [0.25, 0.3) is 5.91 Å². The number of nitrogens with zero attached hydrogens (tertiary/aromatic N) is 6. The highest BCUT2D eigenvalue weighted by Gasteiger charge is 2.62. The molecule has 0 radical (unpaired) electrons. The number of alkyl halides is 3. The molecule has 2 amide bonds. The Kier molecular flexibility index (Phi) is 12.0. The monoisotopic (exact) mass is 751 g/mol. The van der Waals surface area contributed by atoms with Crippen molar-refractivity contribution in [3.05, 3.63) is 53.4 Å². The number of likely N-dealkylation sites (tertiary alicyclic amines) is 1. The molecule has 0 bridgehead atoms. The predicted octanol–water partition coefficient (Wildman–Crippen LogP) is 8.12. The first-order valence-electron chi connectivity index (χ1n) is 17.1. The van der Waals surface area contributed by atoms with Crippen molar-refractivity contribution in [3.63, 3.8) is 0 Å². The summed E-state index contributed by atoms with van der Waals surface area (Å²) in [5.41, 5.74) is -1.98. The van der Waals surface area contributed by atoms with Crippen LogP contribution in [0.2, 0.25) is 5.15 Å². The quantitative estimate of drug-likeness (QED) is 0.0991. The molecule has 0 spiro atoms. The van der Waals surface area contributed by atoms with Crippen molar-refractivity contribution in [3.8, 4) is 11.7 Å². The number of nitrogens with one attached hydrogen (secondary N) is 1. The zero-order valence-corrected chi connectivity index (χ0v) is 31.1. The second-order valence-corrected chi connectivity index (χ2v) is 15.6. The molecule has 2 unspecified atom stereocenters. The molecule has 278 valence electrons. The van der Waals surface area contributed by atoms with Gasteiger partial charge in [-0.15, -0.1) is 5.10 Å². The number of ether oxygens (including phenoxy) is 2. The molecule has 16 heteroatoms. The fraction of sp³-hybridized carbons (Fsp3) is 0.571. The van der Waals surface area contributed by atoms with Crippen molar-refractivity contribution in [2.45, 2.75) is 95.4 Å². The lowest BCUT2D eigenvalue weighted by Gasteiger charge is -2.27. The Morgan fingerprint density at radius 2 is 1.90 bits per heavy atom. The molecule has 2 atom stereocenters. The molecule has 1 saturated carbocycles. The van der Waals surface area contributed by atoms with Gasteiger partial charge in [0.05, 0.1) is 17.6 Å². The van der Waals surface area contributed by atoms with E-state index in [0.29, 0.717) is 11.7 Å². The zero-order chi connectivity index (χ0) is 37.0. The maximum absolute atomic E-state index is 13.1. The van der Waals surface area contributed by atoms with Gasteiger partial charge in [-0.1, -0.05) is 18.0 Å². The van der Waals surface area contributed by atoms with E-state index in [4.69, 9.17) is 21.1 Å². The molecule has 0 aromatic carbocycles. The molecule has 1 N–H and O–H groups in total. The third kappa shape index (κ3) is 10.2. The molecule has 2 fully saturated rings. The van der Waals surface area contributed by atoms with Crippen LogP contribution in [-0.2, 0) is 4.74 Å². The third-order valence-corrected chi connectivity index (χ3v) is 10.2. The van der Waals surface area contributed by atoms with E-state index >= 15 is 0 Å². The SMILES string of the molecule is CC1CC(CCCCN(C)c2ccc(SNC(=O)c3ccc(-n4ccc(OCCC5(C(F)(F)F)CC5)n4)nc3Cl)cn2)CN1C(=O)OC(C)(C)C. The summed E-state index contributed by atoms with van der Waals surface area (Å²) in [5, 5.41) is 4.17. The maximum Gasteiger partial charge on any atom is 0.410 e. The third-order valence-electron chi connectivity index (χ3n) is 9.18. The fourth-order valence-electron chi connectivity index (χ4n) is 6.05. The number of rotatable bonds is 14. The van der Waals surface area contributed by atoms with Gasteiger partial charge >= 0.3 is 12.3 Å². The number of carbonyl (C=O) groups is 2. The molecule has 3 aromatic rings. The van der Waals surface area contributed by atoms with Crippen LogP contribution in [0.4, 0.5) is 23.8 Å². The van der Waals surface area contributed by atoms with E-state index in [1.54, 1.807) is 18.5 Å². The van der Waals surface area contributed by atoms with E-state index < -0.39 is 23.1 Å². The van der Waals surface area contributed by atoms with Crippen molar-refractivity contribution in [2.75, 3.05) is 31.6 Å². The number of unbranched alkanes of at least 4 members (excludes halogenated alkanes) is 1. The molecule has 2 aliphatic rings. The van der Waals surface area contributed by atoms with E-state index in [9.17, 15) is 22.8 Å². The van der Waals surface area contributed by atoms with Gasteiger partial charge in [0.15, 0.2) is 5.82 Å². The summed E-state index contributed by atoms with van der Waals surface area (Å²) in [6.45, 7) is 9.21. The molecule has 3 aromatic heterocycles. The Bertz CT molecular complexity index is 1660. The predicted molar refractivity (Wildman–Crippen MR) is 189 cm³/mol. The highest BCUT2D eigenvalue weighted by atomic mass is 35.5. The largest absolute Gasteiger partial charge is 0.477 e. The van der Waals surface area contributed by atoms with Gasteiger partial charge in [-0.05, 0) is 108 Å². The van der Waals surface area contributed by atoms with E-state index in [2.05, 4.69) is 31.6 Å². The van der Waals surface area contributed by atoms with Gasteiger partial charge in [-0.3, -0.25) is 9.52 Å². The van der Waals surface area contributed by atoms with Crippen LogP contribution in [0.1, 0.15) is 83.0 Å². The lowest BCUT2D eigenvalue weighted by molar-refractivity contribution is -0.190. The van der Waals surface area contributed by atoms with E-state index in [1.165, 1.54) is 16.8 Å². The minimum Gasteiger partial charge on any atom is -0.477 e. The minimum atomic E-state index is -4.23. The summed E-state index contributed by atoms with van der Waals surface area (Å²) in [7, 11) is 2.00. The standard InChI is InChI=1S/C35H45ClF3N7O4S/c1-23-20-24(22-45(23)32(48)50-33(2,3)4)8-6-7-17-44(5)27-11-9-25(21-40-27)51-43-31(47)26-10-12-28(41-30(26)36)46-18-13-29(42-46)49-19-16-34(14-15-34)35(37,38)39/h9-13,18,21,23-24H,6-8,14-17,19-20,22H2,1-5H3,(H,43,47). The topological polar surface area (TPSA) is 115 Å². The summed E-state index contributed by atoms with van der Waals surface area (Å²) >= 11 is 7.44. The number of amides is 2. The maximum atomic E-state index is 13.1. The first-order valence-corrected chi connectivity index (χ1v) is 18.3. The normalized spacial score (nSPS) is 18.4. The highest BCUT2D eigenvalue weighted by Crippen LogP contribution is 2.59. The molecule has 1 saturated heterocycles. The average molecular weight is 752 g/mol. The number of carbonyl (C=O) groups excluding carboxylic acids is 2. The number of hydrogen-bond acceptors (Lipinski definition) is 9. The molecular formula is C35H45ClF3N7O4S. The van der Waals surface area contributed by atoms with Gasteiger partial charge in [-0.2, -0.15) is 13.2 Å². The number of hydrogen-bond donors (Lipinski definition) is 1. The molecular weight excluding hydrogens is 707 g/mol. The Labute approximate surface area is 305 Å². The van der Waals surface area contributed by atoms with Gasteiger partial charge in [0.2, 0.25) is 5.88 Å². The number of pyridine rings is 2. The van der Waals surface area contributed by atoms with Crippen LogP contribution in [0.15, 0.2) is 47.6 Å². The summed E-state index contributed by atoms with van der Waals surface area (Å²) in [6.07, 6.45) is 3.00. The van der Waals surface area contributed by atoms with Gasteiger partial charge in [-0.25, -0.2) is 19.4 Å². The molecule has 11 nitrogen and oxygen atoms in total. The van der Waals surface area contributed by atoms with Crippen LogP contribution in [0.5, 0.6) is 5.88 Å². The van der Waals surface area contributed by atoms with Crippen molar-refractivity contribution in [1.29, 1.82) is 0 Å². The molecule has 4 heterocycles. The van der Waals surface area contributed by atoms with Gasteiger partial charge in [0.1, 0.15) is 16.6 Å². The number of aromatic nitrogens is 4. The first-order chi connectivity index (χ1) is 24.0. The number of halogens is 4. The zero-order valence-electron chi connectivity index (χ0n) is 29.5. The van der Waals surface area contributed by atoms with Crippen molar-refractivity contribution in [2.24, 2.45) is 11.3 Å². The van der Waals surface area contributed by atoms with Gasteiger partial charge in [0, 0.05) is 49.5 Å². The summed E-state index contributed by atoms with van der Waals surface area (Å²) < 4.78 is 54.6. The first kappa shape index (κ1) is 38.5. The summed E-state index contributed by atoms with van der Waals surface area (Å²) in [5.74, 6) is 1.33. The Morgan fingerprint density at radius 3 is 2.55 bits per heavy atom. The second kappa shape index (κ2) is 15.9. The van der Waals surface area contributed by atoms with Crippen LogP contribution in [0, 0.1) is 11.3 Å². The average Bonchev–Trinajstić information content (AvgIpc) is 3.56. The van der Waals surface area contributed by atoms with E-state index in [1.807, 2.05) is 44.9 Å². The Balaban J connectivity index is 1.02. The van der Waals surface area contributed by atoms with Crippen molar-refractivity contribution in [1.82, 2.24) is 29.4 Å². The Hall–Kier alpha value is -3.72. The van der Waals surface area contributed by atoms with Crippen LogP contribution in [0.25, 0.3) is 5.82 Å². The molecule has 5 rings (SSSR count). The number of anilines is 1.